The number of benzene rings is 2. The Morgan fingerprint density at radius 3 is 2.62 bits per heavy atom. The van der Waals surface area contributed by atoms with Gasteiger partial charge in [0.2, 0.25) is 0 Å². The van der Waals surface area contributed by atoms with Gasteiger partial charge in [0, 0.05) is 25.0 Å². The smallest absolute Gasteiger partial charge is 0.270 e. The molecule has 0 aliphatic carbocycles. The van der Waals surface area contributed by atoms with Crippen LogP contribution in [0.15, 0.2) is 47.4 Å². The predicted molar refractivity (Wildman–Crippen MR) is 93.2 cm³/mol. The van der Waals surface area contributed by atoms with E-state index >= 15 is 0 Å². The molecule has 0 amide bonds. The van der Waals surface area contributed by atoms with Crippen molar-refractivity contribution in [3.63, 3.8) is 0 Å². The Hall–Kier alpha value is -2.19. The van der Waals surface area contributed by atoms with E-state index in [2.05, 4.69) is 0 Å². The normalized spacial score (nSPS) is 17.7. The van der Waals surface area contributed by atoms with Crippen molar-refractivity contribution in [2.75, 3.05) is 18.0 Å². The van der Waals surface area contributed by atoms with Gasteiger partial charge >= 0.3 is 0 Å². The van der Waals surface area contributed by atoms with Crippen molar-refractivity contribution in [3.8, 4) is 5.75 Å². The molecule has 0 saturated heterocycles. The highest BCUT2D eigenvalue weighted by Crippen LogP contribution is 2.36. The van der Waals surface area contributed by atoms with Crippen molar-refractivity contribution < 1.29 is 27.0 Å². The van der Waals surface area contributed by atoms with E-state index in [0.717, 1.165) is 10.4 Å². The lowest BCUT2D eigenvalue weighted by molar-refractivity contribution is 0.0172. The summed E-state index contributed by atoms with van der Waals surface area (Å²) in [6.45, 7) is 0.554. The molecule has 0 fully saturated rings. The van der Waals surface area contributed by atoms with Gasteiger partial charge in [0.1, 0.15) is 5.75 Å². The SMILES string of the molecule is COc1ccc2c(c1)N(S(=O)(=O)c1cccc(C(C)(F)F)c1)CC(O)C2. The Kier molecular flexibility index (Phi) is 4.66. The van der Waals surface area contributed by atoms with E-state index in [4.69, 9.17) is 4.74 Å². The second-order valence-electron chi connectivity index (χ2n) is 6.30. The van der Waals surface area contributed by atoms with Crippen LogP contribution in [0.5, 0.6) is 5.75 Å². The number of aliphatic hydroxyl groups is 1. The van der Waals surface area contributed by atoms with Crippen LogP contribution >= 0.6 is 0 Å². The van der Waals surface area contributed by atoms with E-state index in [0.29, 0.717) is 30.3 Å². The molecule has 2 aromatic rings. The number of halogens is 2. The summed E-state index contributed by atoms with van der Waals surface area (Å²) in [4.78, 5) is -0.251. The zero-order chi connectivity index (χ0) is 19.1. The second-order valence-corrected chi connectivity index (χ2v) is 8.17. The average molecular weight is 383 g/mol. The van der Waals surface area contributed by atoms with Crippen molar-refractivity contribution in [3.05, 3.63) is 53.6 Å². The van der Waals surface area contributed by atoms with Gasteiger partial charge in [-0.05, 0) is 23.8 Å². The number of anilines is 1. The molecule has 1 aliphatic rings. The largest absolute Gasteiger partial charge is 0.497 e. The fraction of sp³-hybridized carbons (Fsp3) is 0.333. The lowest BCUT2D eigenvalue weighted by Crippen LogP contribution is -2.42. The van der Waals surface area contributed by atoms with E-state index in [1.165, 1.54) is 25.3 Å². The van der Waals surface area contributed by atoms with Crippen LogP contribution in [0.4, 0.5) is 14.5 Å². The molecular formula is C18H19F2NO4S. The minimum atomic E-state index is -4.13. The molecule has 1 aliphatic heterocycles. The molecule has 1 heterocycles. The first-order valence-electron chi connectivity index (χ1n) is 7.99. The average Bonchev–Trinajstić information content (AvgIpc) is 2.60. The summed E-state index contributed by atoms with van der Waals surface area (Å²) in [6.07, 6.45) is -0.584. The molecule has 0 saturated carbocycles. The molecule has 0 bridgehead atoms. The zero-order valence-electron chi connectivity index (χ0n) is 14.3. The quantitative estimate of drug-likeness (QED) is 0.882. The third kappa shape index (κ3) is 3.39. The fourth-order valence-electron chi connectivity index (χ4n) is 2.97. The van der Waals surface area contributed by atoms with Crippen LogP contribution in [0.3, 0.4) is 0 Å². The standard InChI is InChI=1S/C18H19F2NO4S/c1-18(19,20)13-4-3-5-16(9-13)26(23,24)21-11-14(22)8-12-6-7-15(25-2)10-17(12)21/h3-7,9-10,14,22H,8,11H2,1-2H3. The van der Waals surface area contributed by atoms with Gasteiger partial charge in [-0.15, -0.1) is 0 Å². The van der Waals surface area contributed by atoms with E-state index in [1.807, 2.05) is 0 Å². The number of hydrogen-bond donors (Lipinski definition) is 1. The van der Waals surface area contributed by atoms with Gasteiger partial charge in [0.15, 0.2) is 0 Å². The van der Waals surface area contributed by atoms with Crippen molar-refractivity contribution in [1.82, 2.24) is 0 Å². The first kappa shape index (κ1) is 18.6. The highest BCUT2D eigenvalue weighted by atomic mass is 32.2. The number of ether oxygens (including phenoxy) is 1. The zero-order valence-corrected chi connectivity index (χ0v) is 15.1. The number of alkyl halides is 2. The molecule has 5 nitrogen and oxygen atoms in total. The number of sulfonamides is 1. The topological polar surface area (TPSA) is 66.8 Å². The van der Waals surface area contributed by atoms with Crippen molar-refractivity contribution in [1.29, 1.82) is 0 Å². The van der Waals surface area contributed by atoms with Crippen LogP contribution in [0.1, 0.15) is 18.1 Å². The Morgan fingerprint density at radius 2 is 1.96 bits per heavy atom. The molecule has 1 unspecified atom stereocenters. The molecular weight excluding hydrogens is 364 g/mol. The van der Waals surface area contributed by atoms with Gasteiger partial charge < -0.3 is 9.84 Å². The van der Waals surface area contributed by atoms with Gasteiger partial charge in [-0.3, -0.25) is 4.31 Å². The van der Waals surface area contributed by atoms with Gasteiger partial charge in [0.05, 0.1) is 30.3 Å². The first-order valence-corrected chi connectivity index (χ1v) is 9.43. The Bertz CT molecular complexity index is 925. The molecule has 26 heavy (non-hydrogen) atoms. The van der Waals surface area contributed by atoms with Crippen LogP contribution in [0, 0.1) is 0 Å². The molecule has 2 aromatic carbocycles. The number of aliphatic hydroxyl groups excluding tert-OH is 1. The van der Waals surface area contributed by atoms with Gasteiger partial charge in [0.25, 0.3) is 15.9 Å². The van der Waals surface area contributed by atoms with Crippen molar-refractivity contribution in [2.45, 2.75) is 30.3 Å². The summed E-state index contributed by atoms with van der Waals surface area (Å²) < 4.78 is 59.6. The minimum absolute atomic E-state index is 0.157. The molecule has 0 aromatic heterocycles. The molecule has 0 radical (unpaired) electrons. The van der Waals surface area contributed by atoms with Crippen LogP contribution in [-0.2, 0) is 22.4 Å². The van der Waals surface area contributed by atoms with Crippen molar-refractivity contribution >= 4 is 15.7 Å². The highest BCUT2D eigenvalue weighted by Gasteiger charge is 2.34. The molecule has 1 N–H and O–H groups in total. The predicted octanol–water partition coefficient (Wildman–Crippen LogP) is 2.92. The summed E-state index contributed by atoms with van der Waals surface area (Å²) in [5.74, 6) is -2.69. The van der Waals surface area contributed by atoms with E-state index in [1.54, 1.807) is 18.2 Å². The summed E-state index contributed by atoms with van der Waals surface area (Å²) in [5.41, 5.74) is 0.635. The maximum atomic E-state index is 13.6. The van der Waals surface area contributed by atoms with Crippen molar-refractivity contribution in [2.24, 2.45) is 0 Å². The number of hydrogen-bond acceptors (Lipinski definition) is 4. The monoisotopic (exact) mass is 383 g/mol. The fourth-order valence-corrected chi connectivity index (χ4v) is 4.55. The number of methoxy groups -OCH3 is 1. The van der Waals surface area contributed by atoms with Gasteiger partial charge in [-0.2, -0.15) is 0 Å². The molecule has 8 heteroatoms. The molecule has 0 spiro atoms. The van der Waals surface area contributed by atoms with Gasteiger partial charge in [-0.25, -0.2) is 17.2 Å². The van der Waals surface area contributed by atoms with Crippen LogP contribution in [0.2, 0.25) is 0 Å². The second kappa shape index (κ2) is 6.51. The highest BCUT2D eigenvalue weighted by molar-refractivity contribution is 7.92. The lowest BCUT2D eigenvalue weighted by atomic mass is 10.0. The Morgan fingerprint density at radius 1 is 1.23 bits per heavy atom. The number of nitrogens with zero attached hydrogens (tertiary/aromatic N) is 1. The van der Waals surface area contributed by atoms with Crippen LogP contribution in [-0.4, -0.2) is 33.3 Å². The van der Waals surface area contributed by atoms with Crippen LogP contribution < -0.4 is 9.04 Å². The summed E-state index contributed by atoms with van der Waals surface area (Å²) in [5, 5.41) is 10.1. The third-order valence-corrected chi connectivity index (χ3v) is 6.10. The Labute approximate surface area is 150 Å². The van der Waals surface area contributed by atoms with E-state index in [9.17, 15) is 22.3 Å². The maximum absolute atomic E-state index is 13.6. The summed E-state index contributed by atoms with van der Waals surface area (Å²) >= 11 is 0. The summed E-state index contributed by atoms with van der Waals surface area (Å²) in [7, 11) is -2.67. The number of β-amino-alcohol motifs (C(OH)–C–C–N with tert-alkyl or cyclic N) is 1. The third-order valence-electron chi connectivity index (χ3n) is 4.32. The number of rotatable bonds is 4. The minimum Gasteiger partial charge on any atom is -0.497 e. The maximum Gasteiger partial charge on any atom is 0.270 e. The van der Waals surface area contributed by atoms with Crippen LogP contribution in [0.25, 0.3) is 0 Å². The number of fused-ring (bicyclic) bond motifs is 1. The molecule has 1 atom stereocenters. The van der Waals surface area contributed by atoms with Gasteiger partial charge in [-0.1, -0.05) is 18.2 Å². The van der Waals surface area contributed by atoms with E-state index in [-0.39, 0.29) is 17.0 Å². The van der Waals surface area contributed by atoms with E-state index < -0.39 is 22.0 Å². The first-order chi connectivity index (χ1) is 12.1. The summed E-state index contributed by atoms with van der Waals surface area (Å²) in [6, 6.07) is 9.64. The molecule has 140 valence electrons. The Balaban J connectivity index is 2.11. The molecule has 3 rings (SSSR count). The lowest BCUT2D eigenvalue weighted by Gasteiger charge is -2.33.